The lowest BCUT2D eigenvalue weighted by molar-refractivity contribution is 0.553. The summed E-state index contributed by atoms with van der Waals surface area (Å²) in [7, 11) is -3.43. The Bertz CT molecular complexity index is 551. The fourth-order valence-electron chi connectivity index (χ4n) is 1.69. The Morgan fingerprint density at radius 3 is 2.58 bits per heavy atom. The van der Waals surface area contributed by atoms with Gasteiger partial charge in [-0.05, 0) is 42.5 Å². The molecule has 1 aromatic carbocycles. The molecule has 1 unspecified atom stereocenters. The van der Waals surface area contributed by atoms with Crippen molar-refractivity contribution in [1.29, 1.82) is 0 Å². The van der Waals surface area contributed by atoms with Gasteiger partial charge in [-0.1, -0.05) is 23.7 Å². The maximum absolute atomic E-state index is 11.7. The number of hydrogen-bond acceptors (Lipinski definition) is 3. The highest BCUT2D eigenvalue weighted by atomic mass is 35.5. The molecule has 0 aliphatic heterocycles. The van der Waals surface area contributed by atoms with Crippen LogP contribution in [-0.4, -0.2) is 21.0 Å². The fraction of sp³-hybridized carbons (Fsp3) is 0.385. The molecule has 1 atom stereocenters. The van der Waals surface area contributed by atoms with E-state index in [-0.39, 0.29) is 12.6 Å². The molecule has 0 aromatic heterocycles. The van der Waals surface area contributed by atoms with E-state index in [2.05, 4.69) is 4.72 Å². The van der Waals surface area contributed by atoms with Crippen LogP contribution >= 0.6 is 11.6 Å². The van der Waals surface area contributed by atoms with E-state index < -0.39 is 10.0 Å². The lowest BCUT2D eigenvalue weighted by atomic mass is 10.2. The van der Waals surface area contributed by atoms with Gasteiger partial charge in [-0.3, -0.25) is 0 Å². The summed E-state index contributed by atoms with van der Waals surface area (Å²) < 4.78 is 26.0. The monoisotopic (exact) mass is 300 g/mol. The quantitative estimate of drug-likeness (QED) is 0.843. The predicted octanol–water partition coefficient (Wildman–Crippen LogP) is 1.97. The van der Waals surface area contributed by atoms with E-state index in [1.165, 1.54) is 6.08 Å². The van der Waals surface area contributed by atoms with E-state index in [1.807, 2.05) is 0 Å². The van der Waals surface area contributed by atoms with E-state index in [0.29, 0.717) is 10.9 Å². The minimum absolute atomic E-state index is 0.0845. The highest BCUT2D eigenvalue weighted by molar-refractivity contribution is 7.92. The zero-order valence-electron chi connectivity index (χ0n) is 10.4. The Labute approximate surface area is 118 Å². The van der Waals surface area contributed by atoms with Crippen LogP contribution in [-0.2, 0) is 10.0 Å². The maximum atomic E-state index is 11.7. The van der Waals surface area contributed by atoms with Gasteiger partial charge in [-0.25, -0.2) is 13.1 Å². The Morgan fingerprint density at radius 1 is 1.37 bits per heavy atom. The Hall–Kier alpha value is -0.880. The molecular formula is C13H17ClN2O2S. The molecule has 104 valence electrons. The molecule has 6 heteroatoms. The summed E-state index contributed by atoms with van der Waals surface area (Å²) in [6, 6.07) is 6.85. The van der Waals surface area contributed by atoms with Gasteiger partial charge in [-0.2, -0.15) is 0 Å². The lowest BCUT2D eigenvalue weighted by Crippen LogP contribution is -2.37. The second-order valence-electron chi connectivity index (χ2n) is 4.75. The van der Waals surface area contributed by atoms with Crippen LogP contribution in [0.3, 0.4) is 0 Å². The van der Waals surface area contributed by atoms with Gasteiger partial charge in [-0.15, -0.1) is 0 Å². The molecule has 3 N–H and O–H groups in total. The fourth-order valence-corrected chi connectivity index (χ4v) is 2.68. The first-order chi connectivity index (χ1) is 8.96. The average molecular weight is 301 g/mol. The van der Waals surface area contributed by atoms with Crippen molar-refractivity contribution in [2.24, 2.45) is 11.7 Å². The third-order valence-electron chi connectivity index (χ3n) is 3.06. The molecule has 19 heavy (non-hydrogen) atoms. The molecule has 0 saturated heterocycles. The van der Waals surface area contributed by atoms with Crippen molar-refractivity contribution in [3.8, 4) is 0 Å². The SMILES string of the molecule is NC(CNS(=O)(=O)/C=C/c1ccc(Cl)cc1)C1CC1. The third kappa shape index (κ3) is 4.95. The molecule has 1 fully saturated rings. The number of rotatable bonds is 6. The highest BCUT2D eigenvalue weighted by Crippen LogP contribution is 2.31. The van der Waals surface area contributed by atoms with Crippen molar-refractivity contribution in [3.63, 3.8) is 0 Å². The summed E-state index contributed by atoms with van der Waals surface area (Å²) in [5.41, 5.74) is 6.62. The molecule has 0 bridgehead atoms. The summed E-state index contributed by atoms with van der Waals surface area (Å²) >= 11 is 5.75. The van der Waals surface area contributed by atoms with Gasteiger partial charge < -0.3 is 5.73 Å². The standard InChI is InChI=1S/C13H17ClN2O2S/c14-12-5-1-10(2-6-12)7-8-19(17,18)16-9-13(15)11-3-4-11/h1-2,5-8,11,13,16H,3-4,9,15H2/b8-7+. The van der Waals surface area contributed by atoms with E-state index in [9.17, 15) is 8.42 Å². The highest BCUT2D eigenvalue weighted by Gasteiger charge is 2.28. The Balaban J connectivity index is 1.90. The molecular weight excluding hydrogens is 284 g/mol. The van der Waals surface area contributed by atoms with Crippen LogP contribution in [0.4, 0.5) is 0 Å². The summed E-state index contributed by atoms with van der Waals surface area (Å²) in [6.45, 7) is 0.290. The Morgan fingerprint density at radius 2 is 2.00 bits per heavy atom. The minimum Gasteiger partial charge on any atom is -0.326 e. The second-order valence-corrected chi connectivity index (χ2v) is 6.84. The number of hydrogen-bond donors (Lipinski definition) is 2. The number of benzene rings is 1. The van der Waals surface area contributed by atoms with Crippen molar-refractivity contribution < 1.29 is 8.42 Å². The number of halogens is 1. The van der Waals surface area contributed by atoms with Gasteiger partial charge in [0.1, 0.15) is 0 Å². The van der Waals surface area contributed by atoms with Crippen LogP contribution in [0.1, 0.15) is 18.4 Å². The smallest absolute Gasteiger partial charge is 0.233 e. The average Bonchev–Trinajstić information content (AvgIpc) is 3.20. The number of nitrogens with one attached hydrogen (secondary N) is 1. The molecule has 2 rings (SSSR count). The zero-order valence-corrected chi connectivity index (χ0v) is 12.0. The zero-order chi connectivity index (χ0) is 13.9. The molecule has 1 saturated carbocycles. The summed E-state index contributed by atoms with van der Waals surface area (Å²) in [5, 5.41) is 1.77. The van der Waals surface area contributed by atoms with Crippen LogP contribution < -0.4 is 10.5 Å². The second kappa shape index (κ2) is 6.05. The molecule has 0 heterocycles. The van der Waals surface area contributed by atoms with Crippen LogP contribution in [0.15, 0.2) is 29.7 Å². The van der Waals surface area contributed by atoms with E-state index in [1.54, 1.807) is 24.3 Å². The van der Waals surface area contributed by atoms with Gasteiger partial charge >= 0.3 is 0 Å². The van der Waals surface area contributed by atoms with Gasteiger partial charge in [0, 0.05) is 23.0 Å². The van der Waals surface area contributed by atoms with E-state index in [4.69, 9.17) is 17.3 Å². The topological polar surface area (TPSA) is 72.2 Å². The first-order valence-electron chi connectivity index (χ1n) is 6.15. The van der Waals surface area contributed by atoms with E-state index in [0.717, 1.165) is 23.8 Å². The molecule has 0 spiro atoms. The number of nitrogens with two attached hydrogens (primary N) is 1. The predicted molar refractivity (Wildman–Crippen MR) is 78.1 cm³/mol. The molecule has 0 amide bonds. The first kappa shape index (κ1) is 14.5. The van der Waals surface area contributed by atoms with Gasteiger partial charge in [0.25, 0.3) is 0 Å². The Kier molecular flexibility index (Phi) is 4.62. The van der Waals surface area contributed by atoms with Crippen molar-refractivity contribution in [3.05, 3.63) is 40.3 Å². The van der Waals surface area contributed by atoms with Crippen molar-refractivity contribution in [2.75, 3.05) is 6.54 Å². The minimum atomic E-state index is -3.43. The van der Waals surface area contributed by atoms with Crippen molar-refractivity contribution >= 4 is 27.7 Å². The first-order valence-corrected chi connectivity index (χ1v) is 8.07. The van der Waals surface area contributed by atoms with Crippen LogP contribution in [0.25, 0.3) is 6.08 Å². The summed E-state index contributed by atoms with van der Waals surface area (Å²) in [4.78, 5) is 0. The van der Waals surface area contributed by atoms with Crippen LogP contribution in [0.5, 0.6) is 0 Å². The van der Waals surface area contributed by atoms with E-state index >= 15 is 0 Å². The molecule has 4 nitrogen and oxygen atoms in total. The number of sulfonamides is 1. The molecule has 1 aromatic rings. The summed E-state index contributed by atoms with van der Waals surface area (Å²) in [5.74, 6) is 0.475. The van der Waals surface area contributed by atoms with Crippen LogP contribution in [0.2, 0.25) is 5.02 Å². The largest absolute Gasteiger partial charge is 0.326 e. The molecule has 1 aliphatic rings. The normalized spacial score (nSPS) is 17.8. The van der Waals surface area contributed by atoms with Crippen LogP contribution in [0, 0.1) is 5.92 Å². The van der Waals surface area contributed by atoms with Gasteiger partial charge in [0.15, 0.2) is 0 Å². The molecule has 0 radical (unpaired) electrons. The van der Waals surface area contributed by atoms with Crippen molar-refractivity contribution in [2.45, 2.75) is 18.9 Å². The van der Waals surface area contributed by atoms with Gasteiger partial charge in [0.05, 0.1) is 0 Å². The maximum Gasteiger partial charge on any atom is 0.233 e. The third-order valence-corrected chi connectivity index (χ3v) is 4.37. The molecule has 1 aliphatic carbocycles. The van der Waals surface area contributed by atoms with Crippen molar-refractivity contribution in [1.82, 2.24) is 4.72 Å². The van der Waals surface area contributed by atoms with Gasteiger partial charge in [0.2, 0.25) is 10.0 Å². The lowest BCUT2D eigenvalue weighted by Gasteiger charge is -2.09. The summed E-state index contributed by atoms with van der Waals surface area (Å²) in [6.07, 6.45) is 3.73.